The maximum Gasteiger partial charge on any atom is 0.252 e. The number of carbonyl (C=O) groups is 1. The fourth-order valence-electron chi connectivity index (χ4n) is 2.46. The van der Waals surface area contributed by atoms with Crippen molar-refractivity contribution in [1.29, 1.82) is 0 Å². The SMILES string of the molecule is CC(O)CNC(=O)c1ccccc1S(=O)(=O)N1CCCCC1. The van der Waals surface area contributed by atoms with Gasteiger partial charge in [0.25, 0.3) is 5.91 Å². The lowest BCUT2D eigenvalue weighted by Crippen LogP contribution is -2.37. The molecule has 1 fully saturated rings. The average molecular weight is 326 g/mol. The summed E-state index contributed by atoms with van der Waals surface area (Å²) in [7, 11) is -3.67. The molecule has 1 saturated heterocycles. The van der Waals surface area contributed by atoms with E-state index in [9.17, 15) is 18.3 Å². The highest BCUT2D eigenvalue weighted by atomic mass is 32.2. The number of benzene rings is 1. The van der Waals surface area contributed by atoms with E-state index in [2.05, 4.69) is 5.32 Å². The number of hydrogen-bond acceptors (Lipinski definition) is 4. The molecule has 1 aliphatic rings. The number of amides is 1. The molecule has 22 heavy (non-hydrogen) atoms. The summed E-state index contributed by atoms with van der Waals surface area (Å²) in [5, 5.41) is 11.8. The molecule has 0 aromatic heterocycles. The van der Waals surface area contributed by atoms with Gasteiger partial charge in [0.2, 0.25) is 10.0 Å². The summed E-state index contributed by atoms with van der Waals surface area (Å²) in [6, 6.07) is 6.20. The molecule has 0 aliphatic carbocycles. The summed E-state index contributed by atoms with van der Waals surface area (Å²) < 4.78 is 26.9. The Morgan fingerprint density at radius 1 is 1.27 bits per heavy atom. The largest absolute Gasteiger partial charge is 0.392 e. The van der Waals surface area contributed by atoms with E-state index in [1.54, 1.807) is 19.1 Å². The highest BCUT2D eigenvalue weighted by Gasteiger charge is 2.29. The molecule has 1 aromatic carbocycles. The van der Waals surface area contributed by atoms with Gasteiger partial charge in [-0.2, -0.15) is 4.31 Å². The summed E-state index contributed by atoms with van der Waals surface area (Å²) >= 11 is 0. The molecule has 1 unspecified atom stereocenters. The summed E-state index contributed by atoms with van der Waals surface area (Å²) in [4.78, 5) is 12.2. The van der Waals surface area contributed by atoms with Crippen LogP contribution in [0.5, 0.6) is 0 Å². The standard InChI is InChI=1S/C15H22N2O4S/c1-12(18)11-16-15(19)13-7-3-4-8-14(13)22(20,21)17-9-5-2-6-10-17/h3-4,7-8,12,18H,2,5-6,9-11H2,1H3,(H,16,19). The zero-order valence-electron chi connectivity index (χ0n) is 12.7. The van der Waals surface area contributed by atoms with Crippen LogP contribution in [-0.2, 0) is 10.0 Å². The number of rotatable bonds is 5. The van der Waals surface area contributed by atoms with Crippen LogP contribution < -0.4 is 5.32 Å². The van der Waals surface area contributed by atoms with Crippen LogP contribution in [0.15, 0.2) is 29.2 Å². The molecule has 1 atom stereocenters. The predicted octanol–water partition coefficient (Wildman–Crippen LogP) is 0.972. The lowest BCUT2D eigenvalue weighted by atomic mass is 10.2. The monoisotopic (exact) mass is 326 g/mol. The zero-order valence-corrected chi connectivity index (χ0v) is 13.5. The molecule has 1 amide bonds. The van der Waals surface area contributed by atoms with Gasteiger partial charge in [0.05, 0.1) is 16.6 Å². The molecule has 1 aromatic rings. The van der Waals surface area contributed by atoms with E-state index in [4.69, 9.17) is 0 Å². The van der Waals surface area contributed by atoms with Crippen LogP contribution in [0, 0.1) is 0 Å². The lowest BCUT2D eigenvalue weighted by Gasteiger charge is -2.26. The highest BCUT2D eigenvalue weighted by Crippen LogP contribution is 2.23. The fourth-order valence-corrected chi connectivity index (χ4v) is 4.17. The molecule has 2 rings (SSSR count). The normalized spacial score (nSPS) is 17.9. The first-order valence-corrected chi connectivity index (χ1v) is 8.92. The third-order valence-electron chi connectivity index (χ3n) is 3.62. The Kier molecular flexibility index (Phi) is 5.55. The van der Waals surface area contributed by atoms with Gasteiger partial charge in [-0.15, -0.1) is 0 Å². The van der Waals surface area contributed by atoms with Gasteiger partial charge in [-0.1, -0.05) is 18.6 Å². The zero-order chi connectivity index (χ0) is 16.2. The number of aliphatic hydroxyl groups excluding tert-OH is 1. The number of hydrogen-bond donors (Lipinski definition) is 2. The summed E-state index contributed by atoms with van der Waals surface area (Å²) in [5.41, 5.74) is 0.119. The molecule has 6 nitrogen and oxygen atoms in total. The first kappa shape index (κ1) is 16.9. The van der Waals surface area contributed by atoms with E-state index in [1.807, 2.05) is 0 Å². The highest BCUT2D eigenvalue weighted by molar-refractivity contribution is 7.89. The van der Waals surface area contributed by atoms with E-state index in [0.29, 0.717) is 13.1 Å². The van der Waals surface area contributed by atoms with Crippen molar-refractivity contribution >= 4 is 15.9 Å². The number of sulfonamides is 1. The Bertz CT molecular complexity index is 622. The molecule has 0 saturated carbocycles. The lowest BCUT2D eigenvalue weighted by molar-refractivity contribution is 0.0920. The maximum absolute atomic E-state index is 12.7. The summed E-state index contributed by atoms with van der Waals surface area (Å²) in [6.07, 6.45) is 2.03. The maximum atomic E-state index is 12.7. The van der Waals surface area contributed by atoms with E-state index in [-0.39, 0.29) is 17.0 Å². The third kappa shape index (κ3) is 3.85. The number of carbonyl (C=O) groups excluding carboxylic acids is 1. The predicted molar refractivity (Wildman–Crippen MR) is 83.1 cm³/mol. The molecule has 0 bridgehead atoms. The minimum absolute atomic E-state index is 0.0278. The quantitative estimate of drug-likeness (QED) is 0.844. The van der Waals surface area contributed by atoms with Crippen molar-refractivity contribution in [2.24, 2.45) is 0 Å². The Morgan fingerprint density at radius 3 is 2.55 bits per heavy atom. The Hall–Kier alpha value is -1.44. The van der Waals surface area contributed by atoms with Crippen molar-refractivity contribution in [3.8, 4) is 0 Å². The molecule has 0 spiro atoms. The van der Waals surface area contributed by atoms with Crippen molar-refractivity contribution in [3.05, 3.63) is 29.8 Å². The molecule has 1 aliphatic heterocycles. The van der Waals surface area contributed by atoms with Gasteiger partial charge in [0.1, 0.15) is 0 Å². The molecule has 7 heteroatoms. The summed E-state index contributed by atoms with van der Waals surface area (Å²) in [5.74, 6) is -0.489. The first-order chi connectivity index (χ1) is 10.4. The van der Waals surface area contributed by atoms with Gasteiger partial charge < -0.3 is 10.4 Å². The number of nitrogens with zero attached hydrogens (tertiary/aromatic N) is 1. The van der Waals surface area contributed by atoms with Gasteiger partial charge in [-0.05, 0) is 31.9 Å². The van der Waals surface area contributed by atoms with Crippen LogP contribution in [0.4, 0.5) is 0 Å². The van der Waals surface area contributed by atoms with Crippen LogP contribution >= 0.6 is 0 Å². The second kappa shape index (κ2) is 7.21. The van der Waals surface area contributed by atoms with Gasteiger partial charge >= 0.3 is 0 Å². The van der Waals surface area contributed by atoms with Gasteiger partial charge in [0, 0.05) is 19.6 Å². The van der Waals surface area contributed by atoms with Gasteiger partial charge in [0.15, 0.2) is 0 Å². The second-order valence-electron chi connectivity index (χ2n) is 5.52. The summed E-state index contributed by atoms with van der Waals surface area (Å²) in [6.45, 7) is 2.62. The first-order valence-electron chi connectivity index (χ1n) is 7.48. The van der Waals surface area contributed by atoms with E-state index < -0.39 is 22.0 Å². The minimum Gasteiger partial charge on any atom is -0.392 e. The number of nitrogens with one attached hydrogen (secondary N) is 1. The molecule has 0 radical (unpaired) electrons. The molecule has 122 valence electrons. The third-order valence-corrected chi connectivity index (χ3v) is 5.58. The van der Waals surface area contributed by atoms with Crippen molar-refractivity contribution in [1.82, 2.24) is 9.62 Å². The molecule has 1 heterocycles. The van der Waals surface area contributed by atoms with Crippen molar-refractivity contribution in [3.63, 3.8) is 0 Å². The van der Waals surface area contributed by atoms with Crippen LogP contribution in [-0.4, -0.2) is 49.5 Å². The Labute approximate surface area is 131 Å². The van der Waals surface area contributed by atoms with Gasteiger partial charge in [-0.25, -0.2) is 8.42 Å². The smallest absolute Gasteiger partial charge is 0.252 e. The van der Waals surface area contributed by atoms with Crippen molar-refractivity contribution < 1.29 is 18.3 Å². The minimum atomic E-state index is -3.67. The molecule has 2 N–H and O–H groups in total. The van der Waals surface area contributed by atoms with E-state index in [1.165, 1.54) is 16.4 Å². The topological polar surface area (TPSA) is 86.7 Å². The van der Waals surface area contributed by atoms with Crippen LogP contribution in [0.2, 0.25) is 0 Å². The number of aliphatic hydroxyl groups is 1. The van der Waals surface area contributed by atoms with Crippen LogP contribution in [0.25, 0.3) is 0 Å². The van der Waals surface area contributed by atoms with Gasteiger partial charge in [-0.3, -0.25) is 4.79 Å². The average Bonchev–Trinajstić information content (AvgIpc) is 2.53. The Balaban J connectivity index is 2.29. The number of piperidine rings is 1. The molecular formula is C15H22N2O4S. The van der Waals surface area contributed by atoms with E-state index in [0.717, 1.165) is 19.3 Å². The van der Waals surface area contributed by atoms with Crippen molar-refractivity contribution in [2.45, 2.75) is 37.2 Å². The van der Waals surface area contributed by atoms with Crippen LogP contribution in [0.3, 0.4) is 0 Å². The van der Waals surface area contributed by atoms with Crippen LogP contribution in [0.1, 0.15) is 36.5 Å². The van der Waals surface area contributed by atoms with E-state index >= 15 is 0 Å². The Morgan fingerprint density at radius 2 is 1.91 bits per heavy atom. The fraction of sp³-hybridized carbons (Fsp3) is 0.533. The van der Waals surface area contributed by atoms with Crippen molar-refractivity contribution in [2.75, 3.05) is 19.6 Å². The second-order valence-corrected chi connectivity index (χ2v) is 7.43. The molecular weight excluding hydrogens is 304 g/mol.